The second-order valence-corrected chi connectivity index (χ2v) is 8.58. The SMILES string of the molecule is CC1CCC2(CC1)NC(=O)N(CN1CCN(c3ccc(C(F)(F)F)cn3)CC1)C2=O. The number of nitrogens with one attached hydrogen (secondary N) is 1. The molecule has 1 aromatic rings. The number of amides is 3. The molecule has 10 heteroatoms. The number of hydrogen-bond donors (Lipinski definition) is 1. The molecule has 2 aliphatic heterocycles. The van der Waals surface area contributed by atoms with Crippen LogP contribution in [-0.4, -0.2) is 65.1 Å². The summed E-state index contributed by atoms with van der Waals surface area (Å²) in [6.07, 6.45) is -0.331. The first kappa shape index (κ1) is 20.9. The van der Waals surface area contributed by atoms with Gasteiger partial charge in [-0.1, -0.05) is 6.92 Å². The van der Waals surface area contributed by atoms with Crippen molar-refractivity contribution in [1.82, 2.24) is 20.1 Å². The maximum Gasteiger partial charge on any atom is 0.417 e. The van der Waals surface area contributed by atoms with Crippen LogP contribution in [0.2, 0.25) is 0 Å². The lowest BCUT2D eigenvalue weighted by molar-refractivity contribution is -0.138. The van der Waals surface area contributed by atoms with Crippen molar-refractivity contribution in [2.75, 3.05) is 37.7 Å². The number of carbonyl (C=O) groups is 2. The number of halogens is 3. The molecule has 0 unspecified atom stereocenters. The fourth-order valence-corrected chi connectivity index (χ4v) is 4.46. The minimum atomic E-state index is -4.40. The molecule has 164 valence electrons. The Morgan fingerprint density at radius 1 is 1.13 bits per heavy atom. The molecule has 3 amide bonds. The third-order valence-electron chi connectivity index (χ3n) is 6.49. The quantitative estimate of drug-likeness (QED) is 0.755. The van der Waals surface area contributed by atoms with Gasteiger partial charge in [0.05, 0.1) is 12.2 Å². The minimum absolute atomic E-state index is 0.133. The van der Waals surface area contributed by atoms with E-state index in [0.717, 1.165) is 25.1 Å². The Bertz CT molecular complexity index is 798. The average Bonchev–Trinajstić information content (AvgIpc) is 2.94. The molecule has 0 bridgehead atoms. The van der Waals surface area contributed by atoms with E-state index in [2.05, 4.69) is 17.2 Å². The topological polar surface area (TPSA) is 68.8 Å². The Hall–Kier alpha value is -2.36. The summed E-state index contributed by atoms with van der Waals surface area (Å²) in [7, 11) is 0. The van der Waals surface area contributed by atoms with Crippen molar-refractivity contribution in [1.29, 1.82) is 0 Å². The third-order valence-corrected chi connectivity index (χ3v) is 6.49. The van der Waals surface area contributed by atoms with E-state index < -0.39 is 17.3 Å². The van der Waals surface area contributed by atoms with Gasteiger partial charge in [0.15, 0.2) is 0 Å². The number of urea groups is 1. The molecule has 1 spiro atoms. The monoisotopic (exact) mass is 425 g/mol. The van der Waals surface area contributed by atoms with Gasteiger partial charge in [0.25, 0.3) is 5.91 Å². The number of piperazine rings is 1. The molecule has 1 saturated carbocycles. The van der Waals surface area contributed by atoms with E-state index in [-0.39, 0.29) is 18.6 Å². The van der Waals surface area contributed by atoms with Crippen LogP contribution in [0.15, 0.2) is 18.3 Å². The average molecular weight is 425 g/mol. The van der Waals surface area contributed by atoms with E-state index in [9.17, 15) is 22.8 Å². The van der Waals surface area contributed by atoms with Crippen LogP contribution in [0.3, 0.4) is 0 Å². The highest BCUT2D eigenvalue weighted by atomic mass is 19.4. The number of anilines is 1. The van der Waals surface area contributed by atoms with Gasteiger partial charge in [-0.15, -0.1) is 0 Å². The van der Waals surface area contributed by atoms with Crippen LogP contribution in [0.1, 0.15) is 38.2 Å². The van der Waals surface area contributed by atoms with Crippen LogP contribution < -0.4 is 10.2 Å². The van der Waals surface area contributed by atoms with Crippen molar-refractivity contribution < 1.29 is 22.8 Å². The lowest BCUT2D eigenvalue weighted by Gasteiger charge is -2.37. The van der Waals surface area contributed by atoms with Gasteiger partial charge in [-0.25, -0.2) is 14.7 Å². The number of pyridine rings is 1. The summed E-state index contributed by atoms with van der Waals surface area (Å²) in [5, 5.41) is 2.93. The second kappa shape index (κ2) is 7.72. The van der Waals surface area contributed by atoms with E-state index in [1.165, 1.54) is 11.0 Å². The molecule has 1 N–H and O–H groups in total. The second-order valence-electron chi connectivity index (χ2n) is 8.58. The zero-order valence-electron chi connectivity index (χ0n) is 16.9. The summed E-state index contributed by atoms with van der Waals surface area (Å²) in [6, 6.07) is 2.08. The molecule has 1 aliphatic carbocycles. The third kappa shape index (κ3) is 3.97. The number of hydrogen-bond acceptors (Lipinski definition) is 5. The van der Waals surface area contributed by atoms with Crippen LogP contribution in [0.5, 0.6) is 0 Å². The lowest BCUT2D eigenvalue weighted by Crippen LogP contribution is -2.52. The highest BCUT2D eigenvalue weighted by Crippen LogP contribution is 2.36. The number of nitrogens with zero attached hydrogens (tertiary/aromatic N) is 4. The molecule has 30 heavy (non-hydrogen) atoms. The van der Waals surface area contributed by atoms with E-state index in [1.807, 2.05) is 9.80 Å². The van der Waals surface area contributed by atoms with Crippen molar-refractivity contribution in [3.63, 3.8) is 0 Å². The number of rotatable bonds is 3. The maximum absolute atomic E-state index is 13.0. The first-order chi connectivity index (χ1) is 14.2. The normalized spacial score (nSPS) is 28.3. The predicted octanol–water partition coefficient (Wildman–Crippen LogP) is 2.68. The van der Waals surface area contributed by atoms with E-state index in [4.69, 9.17) is 0 Å². The van der Waals surface area contributed by atoms with Gasteiger partial charge in [0.2, 0.25) is 0 Å². The molecule has 0 aromatic carbocycles. The van der Waals surface area contributed by atoms with Gasteiger partial charge in [-0.05, 0) is 43.7 Å². The minimum Gasteiger partial charge on any atom is -0.354 e. The maximum atomic E-state index is 13.0. The fraction of sp³-hybridized carbons (Fsp3) is 0.650. The summed E-state index contributed by atoms with van der Waals surface area (Å²) in [5.74, 6) is 0.931. The van der Waals surface area contributed by atoms with Crippen molar-refractivity contribution in [3.05, 3.63) is 23.9 Å². The number of carbonyl (C=O) groups excluding carboxylic acids is 2. The molecule has 0 atom stereocenters. The molecule has 4 rings (SSSR count). The Kier molecular flexibility index (Phi) is 5.37. The van der Waals surface area contributed by atoms with Gasteiger partial charge in [-0.2, -0.15) is 13.2 Å². The molecular formula is C20H26F3N5O2. The molecule has 3 aliphatic rings. The van der Waals surface area contributed by atoms with Crippen molar-refractivity contribution in [3.8, 4) is 0 Å². The molecule has 0 radical (unpaired) electrons. The van der Waals surface area contributed by atoms with Crippen LogP contribution in [0, 0.1) is 5.92 Å². The zero-order valence-corrected chi connectivity index (χ0v) is 16.9. The number of alkyl halides is 3. The highest BCUT2D eigenvalue weighted by Gasteiger charge is 2.52. The summed E-state index contributed by atoms with van der Waals surface area (Å²) in [5.41, 5.74) is -1.51. The highest BCUT2D eigenvalue weighted by molar-refractivity contribution is 6.07. The van der Waals surface area contributed by atoms with Gasteiger partial charge in [0.1, 0.15) is 11.4 Å². The van der Waals surface area contributed by atoms with Gasteiger partial charge in [-0.3, -0.25) is 9.69 Å². The summed E-state index contributed by atoms with van der Waals surface area (Å²) >= 11 is 0. The first-order valence-corrected chi connectivity index (χ1v) is 10.3. The van der Waals surface area contributed by atoms with Crippen LogP contribution in [-0.2, 0) is 11.0 Å². The largest absolute Gasteiger partial charge is 0.417 e. The summed E-state index contributed by atoms with van der Waals surface area (Å²) in [6.45, 7) is 4.69. The standard InChI is InChI=1S/C20H26F3N5O2/c1-14-4-6-19(7-5-14)17(29)28(18(30)25-19)13-26-8-10-27(11-9-26)16-3-2-15(12-24-16)20(21,22)23/h2-3,12,14H,4-11,13H2,1H3,(H,25,30). The Morgan fingerprint density at radius 2 is 1.80 bits per heavy atom. The molecule has 3 heterocycles. The fourth-order valence-electron chi connectivity index (χ4n) is 4.46. The van der Waals surface area contributed by atoms with Gasteiger partial charge < -0.3 is 10.2 Å². The molecule has 3 fully saturated rings. The Morgan fingerprint density at radius 3 is 2.37 bits per heavy atom. The van der Waals surface area contributed by atoms with E-state index in [0.29, 0.717) is 50.8 Å². The van der Waals surface area contributed by atoms with Crippen LogP contribution in [0.25, 0.3) is 0 Å². The van der Waals surface area contributed by atoms with Crippen molar-refractivity contribution in [2.45, 2.75) is 44.3 Å². The number of imide groups is 1. The smallest absolute Gasteiger partial charge is 0.354 e. The van der Waals surface area contributed by atoms with Crippen molar-refractivity contribution in [2.24, 2.45) is 5.92 Å². The summed E-state index contributed by atoms with van der Waals surface area (Å²) < 4.78 is 38.1. The Balaban J connectivity index is 1.33. The van der Waals surface area contributed by atoms with Gasteiger partial charge in [0, 0.05) is 32.4 Å². The molecular weight excluding hydrogens is 399 g/mol. The zero-order chi connectivity index (χ0) is 21.5. The van der Waals surface area contributed by atoms with E-state index >= 15 is 0 Å². The van der Waals surface area contributed by atoms with Gasteiger partial charge >= 0.3 is 12.2 Å². The molecule has 7 nitrogen and oxygen atoms in total. The Labute approximate surface area is 173 Å². The molecule has 1 aromatic heterocycles. The van der Waals surface area contributed by atoms with E-state index in [1.54, 1.807) is 0 Å². The van der Waals surface area contributed by atoms with Crippen LogP contribution >= 0.6 is 0 Å². The first-order valence-electron chi connectivity index (χ1n) is 10.3. The lowest BCUT2D eigenvalue weighted by atomic mass is 9.77. The number of aromatic nitrogens is 1. The van der Waals surface area contributed by atoms with Crippen LogP contribution in [0.4, 0.5) is 23.8 Å². The predicted molar refractivity (Wildman–Crippen MR) is 104 cm³/mol. The van der Waals surface area contributed by atoms with Crippen molar-refractivity contribution >= 4 is 17.8 Å². The molecule has 2 saturated heterocycles. The summed E-state index contributed by atoms with van der Waals surface area (Å²) in [4.78, 5) is 34.6.